The molecule has 0 bridgehead atoms. The van der Waals surface area contributed by atoms with Crippen molar-refractivity contribution < 1.29 is 9.59 Å². The highest BCUT2D eigenvalue weighted by atomic mass is 16.2. The number of hydrogen-bond acceptors (Lipinski definition) is 2. The topological polar surface area (TPSA) is 40.6 Å². The summed E-state index contributed by atoms with van der Waals surface area (Å²) in [5, 5.41) is 0. The average molecular weight is 282 g/mol. The molecule has 0 aliphatic rings. The van der Waals surface area contributed by atoms with E-state index in [0.29, 0.717) is 0 Å². The predicted octanol–water partition coefficient (Wildman–Crippen LogP) is 2.83. The number of carbonyl (C=O) groups is 2. The van der Waals surface area contributed by atoms with Crippen molar-refractivity contribution in [3.63, 3.8) is 0 Å². The van der Waals surface area contributed by atoms with Gasteiger partial charge in [0, 0.05) is 36.3 Å². The average Bonchev–Trinajstić information content (AvgIpc) is 2.23. The summed E-state index contributed by atoms with van der Waals surface area (Å²) in [6.45, 7) is 15.8. The van der Waals surface area contributed by atoms with Gasteiger partial charge in [0.1, 0.15) is 0 Å². The highest BCUT2D eigenvalue weighted by Crippen LogP contribution is 2.08. The number of nitrogens with zero attached hydrogens (tertiary/aromatic N) is 2. The zero-order valence-electron chi connectivity index (χ0n) is 14.2. The van der Waals surface area contributed by atoms with Crippen LogP contribution in [0.2, 0.25) is 0 Å². The standard InChI is InChI=1S/C16H30N2O2/c1-11(2)17(12(3)4)15(19)9-10-16(20)18(13(5)6)14(7)8/h9-14H,1-8H3. The Labute approximate surface area is 123 Å². The molecule has 0 aromatic rings. The van der Waals surface area contributed by atoms with Crippen molar-refractivity contribution in [2.75, 3.05) is 0 Å². The molecule has 0 saturated carbocycles. The first-order valence-electron chi connectivity index (χ1n) is 7.42. The van der Waals surface area contributed by atoms with E-state index in [2.05, 4.69) is 0 Å². The Kier molecular flexibility index (Phi) is 7.54. The van der Waals surface area contributed by atoms with E-state index >= 15 is 0 Å². The third-order valence-electron chi connectivity index (χ3n) is 3.10. The second-order valence-corrected chi connectivity index (χ2v) is 6.20. The van der Waals surface area contributed by atoms with Crippen molar-refractivity contribution in [2.24, 2.45) is 0 Å². The lowest BCUT2D eigenvalue weighted by Gasteiger charge is -2.31. The highest BCUT2D eigenvalue weighted by molar-refractivity contribution is 5.97. The molecule has 0 aliphatic heterocycles. The minimum absolute atomic E-state index is 0.115. The summed E-state index contributed by atoms with van der Waals surface area (Å²) in [5.41, 5.74) is 0. The van der Waals surface area contributed by atoms with E-state index in [0.717, 1.165) is 0 Å². The Balaban J connectivity index is 4.93. The molecule has 0 radical (unpaired) electrons. The van der Waals surface area contributed by atoms with Gasteiger partial charge in [0.15, 0.2) is 0 Å². The number of hydrogen-bond donors (Lipinski definition) is 0. The normalized spacial score (nSPS) is 12.0. The minimum Gasteiger partial charge on any atom is -0.334 e. The minimum atomic E-state index is -0.115. The fraction of sp³-hybridized carbons (Fsp3) is 0.750. The number of carbonyl (C=O) groups excluding carboxylic acids is 2. The Morgan fingerprint density at radius 2 is 0.800 bits per heavy atom. The second kappa shape index (κ2) is 8.08. The molecular formula is C16H30N2O2. The monoisotopic (exact) mass is 282 g/mol. The molecule has 0 saturated heterocycles. The summed E-state index contributed by atoms with van der Waals surface area (Å²) in [6, 6.07) is 0.476. The molecule has 0 aromatic heterocycles. The van der Waals surface area contributed by atoms with Crippen molar-refractivity contribution >= 4 is 11.8 Å². The van der Waals surface area contributed by atoms with Crippen molar-refractivity contribution in [1.29, 1.82) is 0 Å². The second-order valence-electron chi connectivity index (χ2n) is 6.20. The molecule has 0 fully saturated rings. The van der Waals surface area contributed by atoms with Crippen molar-refractivity contribution in [2.45, 2.75) is 79.6 Å². The molecule has 116 valence electrons. The van der Waals surface area contributed by atoms with Gasteiger partial charge in [-0.05, 0) is 55.4 Å². The molecule has 0 aliphatic carbocycles. The Bertz CT molecular complexity index is 307. The largest absolute Gasteiger partial charge is 0.334 e. The molecule has 0 rings (SSSR count). The van der Waals surface area contributed by atoms with Gasteiger partial charge in [0.2, 0.25) is 11.8 Å². The maximum absolute atomic E-state index is 12.2. The van der Waals surface area contributed by atoms with Crippen LogP contribution in [0.1, 0.15) is 55.4 Å². The van der Waals surface area contributed by atoms with Gasteiger partial charge >= 0.3 is 0 Å². The molecule has 0 spiro atoms. The molecule has 0 heterocycles. The van der Waals surface area contributed by atoms with E-state index < -0.39 is 0 Å². The summed E-state index contributed by atoms with van der Waals surface area (Å²) in [5.74, 6) is -0.230. The van der Waals surface area contributed by atoms with Crippen LogP contribution in [0.4, 0.5) is 0 Å². The third-order valence-corrected chi connectivity index (χ3v) is 3.10. The van der Waals surface area contributed by atoms with E-state index in [1.54, 1.807) is 9.80 Å². The van der Waals surface area contributed by atoms with Crippen LogP contribution < -0.4 is 0 Å². The van der Waals surface area contributed by atoms with Gasteiger partial charge in [-0.25, -0.2) is 0 Å². The molecular weight excluding hydrogens is 252 g/mol. The van der Waals surface area contributed by atoms with Gasteiger partial charge in [-0.3, -0.25) is 9.59 Å². The molecule has 0 atom stereocenters. The van der Waals surface area contributed by atoms with Gasteiger partial charge in [-0.15, -0.1) is 0 Å². The van der Waals surface area contributed by atoms with Gasteiger partial charge in [0.05, 0.1) is 0 Å². The van der Waals surface area contributed by atoms with Gasteiger partial charge in [-0.1, -0.05) is 0 Å². The van der Waals surface area contributed by atoms with Crippen molar-refractivity contribution in [1.82, 2.24) is 9.80 Å². The zero-order chi connectivity index (χ0) is 16.0. The Hall–Kier alpha value is -1.32. The van der Waals surface area contributed by atoms with E-state index in [-0.39, 0.29) is 36.0 Å². The predicted molar refractivity (Wildman–Crippen MR) is 83.4 cm³/mol. The summed E-state index contributed by atoms with van der Waals surface area (Å²) in [7, 11) is 0. The molecule has 20 heavy (non-hydrogen) atoms. The lowest BCUT2D eigenvalue weighted by molar-refractivity contribution is -0.132. The van der Waals surface area contributed by atoms with Crippen molar-refractivity contribution in [3.05, 3.63) is 12.2 Å². The summed E-state index contributed by atoms with van der Waals surface area (Å²) < 4.78 is 0. The fourth-order valence-corrected chi connectivity index (χ4v) is 2.53. The van der Waals surface area contributed by atoms with Crippen LogP contribution in [0.15, 0.2) is 12.2 Å². The van der Waals surface area contributed by atoms with Crippen LogP contribution in [0.3, 0.4) is 0 Å². The molecule has 4 heteroatoms. The summed E-state index contributed by atoms with van der Waals surface area (Å²) in [6.07, 6.45) is 2.78. The molecule has 0 N–H and O–H groups in total. The quantitative estimate of drug-likeness (QED) is 0.703. The van der Waals surface area contributed by atoms with E-state index in [9.17, 15) is 9.59 Å². The van der Waals surface area contributed by atoms with Gasteiger partial charge in [0.25, 0.3) is 0 Å². The Morgan fingerprint density at radius 3 is 0.950 bits per heavy atom. The first-order valence-corrected chi connectivity index (χ1v) is 7.42. The number of rotatable bonds is 6. The summed E-state index contributed by atoms with van der Waals surface area (Å²) >= 11 is 0. The Morgan fingerprint density at radius 1 is 0.600 bits per heavy atom. The fourth-order valence-electron chi connectivity index (χ4n) is 2.53. The summed E-state index contributed by atoms with van der Waals surface area (Å²) in [4.78, 5) is 27.8. The van der Waals surface area contributed by atoms with E-state index in [1.165, 1.54) is 12.2 Å². The van der Waals surface area contributed by atoms with Crippen molar-refractivity contribution in [3.8, 4) is 0 Å². The molecule has 2 amide bonds. The van der Waals surface area contributed by atoms with Gasteiger partial charge in [-0.2, -0.15) is 0 Å². The van der Waals surface area contributed by atoms with E-state index in [4.69, 9.17) is 0 Å². The van der Waals surface area contributed by atoms with Crippen LogP contribution in [-0.2, 0) is 9.59 Å². The maximum atomic E-state index is 12.2. The van der Waals surface area contributed by atoms with Crippen LogP contribution in [0, 0.1) is 0 Å². The molecule has 0 unspecified atom stereocenters. The molecule has 4 nitrogen and oxygen atoms in total. The van der Waals surface area contributed by atoms with E-state index in [1.807, 2.05) is 55.4 Å². The SMILES string of the molecule is CC(C)N(C(=O)C=CC(=O)N(C(C)C)C(C)C)C(C)C. The van der Waals surface area contributed by atoms with Crippen LogP contribution in [-0.4, -0.2) is 45.8 Å². The van der Waals surface area contributed by atoms with Crippen LogP contribution >= 0.6 is 0 Å². The lowest BCUT2D eigenvalue weighted by Crippen LogP contribution is -2.42. The lowest BCUT2D eigenvalue weighted by atomic mass is 10.2. The highest BCUT2D eigenvalue weighted by Gasteiger charge is 2.20. The first-order chi connectivity index (χ1) is 9.09. The maximum Gasteiger partial charge on any atom is 0.247 e. The van der Waals surface area contributed by atoms with Gasteiger partial charge < -0.3 is 9.80 Å². The third kappa shape index (κ3) is 5.35. The van der Waals surface area contributed by atoms with Crippen LogP contribution in [0.25, 0.3) is 0 Å². The number of amides is 2. The van der Waals surface area contributed by atoms with Crippen LogP contribution in [0.5, 0.6) is 0 Å². The zero-order valence-corrected chi connectivity index (χ0v) is 14.2. The first kappa shape index (κ1) is 18.7. The molecule has 0 aromatic carbocycles. The smallest absolute Gasteiger partial charge is 0.247 e.